The zero-order valence-electron chi connectivity index (χ0n) is 10.6. The molecule has 17 heavy (non-hydrogen) atoms. The number of hydrogen-bond donors (Lipinski definition) is 0. The van der Waals surface area contributed by atoms with Gasteiger partial charge in [-0.05, 0) is 47.4 Å². The molecular formula is C13H20BrN3. The van der Waals surface area contributed by atoms with E-state index in [0.29, 0.717) is 0 Å². The second kappa shape index (κ2) is 5.83. The van der Waals surface area contributed by atoms with Crippen LogP contribution in [0.1, 0.15) is 18.9 Å². The van der Waals surface area contributed by atoms with Crippen LogP contribution in [0.5, 0.6) is 0 Å². The van der Waals surface area contributed by atoms with Crippen molar-refractivity contribution in [3.63, 3.8) is 0 Å². The maximum absolute atomic E-state index is 4.49. The van der Waals surface area contributed by atoms with Crippen molar-refractivity contribution in [2.24, 2.45) is 0 Å². The van der Waals surface area contributed by atoms with Gasteiger partial charge in [-0.1, -0.05) is 6.92 Å². The van der Waals surface area contributed by atoms with Gasteiger partial charge in [0.1, 0.15) is 5.82 Å². The highest BCUT2D eigenvalue weighted by Gasteiger charge is 2.19. The van der Waals surface area contributed by atoms with E-state index in [1.54, 1.807) is 0 Å². The summed E-state index contributed by atoms with van der Waals surface area (Å²) in [5, 5.41) is 0. The number of aromatic nitrogens is 1. The molecule has 2 heterocycles. The molecule has 1 aliphatic heterocycles. The van der Waals surface area contributed by atoms with Crippen molar-refractivity contribution >= 4 is 21.7 Å². The monoisotopic (exact) mass is 297 g/mol. The van der Waals surface area contributed by atoms with E-state index in [-0.39, 0.29) is 0 Å². The third-order valence-corrected chi connectivity index (χ3v) is 4.26. The molecule has 1 fully saturated rings. The second-order valence-electron chi connectivity index (χ2n) is 4.59. The van der Waals surface area contributed by atoms with Crippen LogP contribution in [0.4, 0.5) is 5.82 Å². The maximum Gasteiger partial charge on any atom is 0.143 e. The summed E-state index contributed by atoms with van der Waals surface area (Å²) in [6, 6.07) is 2.04. The van der Waals surface area contributed by atoms with Gasteiger partial charge in [-0.2, -0.15) is 0 Å². The van der Waals surface area contributed by atoms with E-state index in [9.17, 15) is 0 Å². The van der Waals surface area contributed by atoms with Crippen LogP contribution in [0.3, 0.4) is 0 Å². The molecule has 1 aromatic heterocycles. The van der Waals surface area contributed by atoms with Crippen LogP contribution in [0.25, 0.3) is 0 Å². The Kier molecular flexibility index (Phi) is 4.40. The first-order valence-electron chi connectivity index (χ1n) is 6.30. The number of pyridine rings is 1. The van der Waals surface area contributed by atoms with Crippen molar-refractivity contribution in [2.45, 2.75) is 20.3 Å². The van der Waals surface area contributed by atoms with E-state index in [4.69, 9.17) is 0 Å². The van der Waals surface area contributed by atoms with E-state index in [1.165, 1.54) is 18.5 Å². The van der Waals surface area contributed by atoms with E-state index < -0.39 is 0 Å². The number of rotatable bonds is 3. The Labute approximate surface area is 112 Å². The van der Waals surface area contributed by atoms with E-state index >= 15 is 0 Å². The van der Waals surface area contributed by atoms with E-state index in [0.717, 1.165) is 36.5 Å². The predicted molar refractivity (Wildman–Crippen MR) is 75.6 cm³/mol. The van der Waals surface area contributed by atoms with Gasteiger partial charge in [0.2, 0.25) is 0 Å². The molecule has 1 saturated heterocycles. The molecule has 0 bridgehead atoms. The molecular weight excluding hydrogens is 278 g/mol. The highest BCUT2D eigenvalue weighted by molar-refractivity contribution is 9.10. The predicted octanol–water partition coefficient (Wildman–Crippen LogP) is 2.68. The zero-order valence-corrected chi connectivity index (χ0v) is 12.2. The molecule has 94 valence electrons. The Bertz CT molecular complexity index is 373. The van der Waals surface area contributed by atoms with E-state index in [2.05, 4.69) is 44.6 Å². The summed E-state index contributed by atoms with van der Waals surface area (Å²) in [5.41, 5.74) is 1.26. The largest absolute Gasteiger partial charge is 0.353 e. The summed E-state index contributed by atoms with van der Waals surface area (Å²) in [6.45, 7) is 10.0. The Balaban J connectivity index is 2.03. The molecule has 1 aliphatic rings. The Morgan fingerprint density at radius 2 is 2.00 bits per heavy atom. The van der Waals surface area contributed by atoms with Gasteiger partial charge in [0.15, 0.2) is 0 Å². The molecule has 0 atom stereocenters. The van der Waals surface area contributed by atoms with Crippen LogP contribution in [0.2, 0.25) is 0 Å². The van der Waals surface area contributed by atoms with Crippen molar-refractivity contribution in [3.8, 4) is 0 Å². The van der Waals surface area contributed by atoms with Gasteiger partial charge >= 0.3 is 0 Å². The fourth-order valence-electron chi connectivity index (χ4n) is 2.25. The lowest BCUT2D eigenvalue weighted by molar-refractivity contribution is 0.258. The van der Waals surface area contributed by atoms with Crippen molar-refractivity contribution in [2.75, 3.05) is 37.6 Å². The quantitative estimate of drug-likeness (QED) is 0.855. The topological polar surface area (TPSA) is 19.4 Å². The Morgan fingerprint density at radius 3 is 2.65 bits per heavy atom. The van der Waals surface area contributed by atoms with Gasteiger partial charge in [-0.15, -0.1) is 0 Å². The van der Waals surface area contributed by atoms with Crippen LogP contribution >= 0.6 is 15.9 Å². The minimum absolute atomic E-state index is 1.08. The van der Waals surface area contributed by atoms with Crippen molar-refractivity contribution < 1.29 is 0 Å². The standard InChI is InChI=1S/C13H20BrN3/c1-3-6-16-7-9-17(10-8-16)13-12(14)11(2)4-5-15-13/h4-5H,3,6-10H2,1-2H3. The van der Waals surface area contributed by atoms with Gasteiger partial charge in [0, 0.05) is 32.4 Å². The number of halogens is 1. The summed E-state index contributed by atoms with van der Waals surface area (Å²) in [6.07, 6.45) is 3.14. The van der Waals surface area contributed by atoms with Crippen molar-refractivity contribution in [1.29, 1.82) is 0 Å². The minimum atomic E-state index is 1.08. The average molecular weight is 298 g/mol. The molecule has 0 saturated carbocycles. The highest BCUT2D eigenvalue weighted by atomic mass is 79.9. The molecule has 4 heteroatoms. The lowest BCUT2D eigenvalue weighted by atomic mass is 10.2. The highest BCUT2D eigenvalue weighted by Crippen LogP contribution is 2.27. The number of aryl methyl sites for hydroxylation is 1. The fraction of sp³-hybridized carbons (Fsp3) is 0.615. The van der Waals surface area contributed by atoms with Gasteiger partial charge in [0.05, 0.1) is 4.47 Å². The molecule has 0 unspecified atom stereocenters. The average Bonchev–Trinajstić information content (AvgIpc) is 2.34. The molecule has 0 N–H and O–H groups in total. The first kappa shape index (κ1) is 12.8. The molecule has 0 aromatic carbocycles. The summed E-state index contributed by atoms with van der Waals surface area (Å²) < 4.78 is 1.14. The lowest BCUT2D eigenvalue weighted by Crippen LogP contribution is -2.47. The smallest absolute Gasteiger partial charge is 0.143 e. The molecule has 0 aliphatic carbocycles. The van der Waals surface area contributed by atoms with Gasteiger partial charge in [0.25, 0.3) is 0 Å². The summed E-state index contributed by atoms with van der Waals surface area (Å²) in [7, 11) is 0. The zero-order chi connectivity index (χ0) is 12.3. The van der Waals surface area contributed by atoms with Crippen LogP contribution in [-0.4, -0.2) is 42.6 Å². The Hall–Kier alpha value is -0.610. The van der Waals surface area contributed by atoms with E-state index in [1.807, 2.05) is 12.3 Å². The molecule has 0 amide bonds. The Morgan fingerprint density at radius 1 is 1.29 bits per heavy atom. The minimum Gasteiger partial charge on any atom is -0.353 e. The normalized spacial score (nSPS) is 17.5. The summed E-state index contributed by atoms with van der Waals surface area (Å²) in [5.74, 6) is 1.10. The first-order valence-corrected chi connectivity index (χ1v) is 7.10. The third-order valence-electron chi connectivity index (χ3n) is 3.28. The third kappa shape index (κ3) is 2.99. The van der Waals surface area contributed by atoms with Gasteiger partial charge in [-0.3, -0.25) is 4.90 Å². The molecule has 3 nitrogen and oxygen atoms in total. The lowest BCUT2D eigenvalue weighted by Gasteiger charge is -2.35. The number of anilines is 1. The molecule has 0 radical (unpaired) electrons. The van der Waals surface area contributed by atoms with Crippen LogP contribution in [0, 0.1) is 6.92 Å². The van der Waals surface area contributed by atoms with Gasteiger partial charge in [-0.25, -0.2) is 4.98 Å². The number of nitrogens with zero attached hydrogens (tertiary/aromatic N) is 3. The summed E-state index contributed by atoms with van der Waals surface area (Å²) >= 11 is 3.64. The fourth-order valence-corrected chi connectivity index (χ4v) is 2.73. The molecule has 1 aromatic rings. The summed E-state index contributed by atoms with van der Waals surface area (Å²) in [4.78, 5) is 9.40. The molecule has 2 rings (SSSR count). The number of hydrogen-bond acceptors (Lipinski definition) is 3. The number of piperazine rings is 1. The van der Waals surface area contributed by atoms with Gasteiger partial charge < -0.3 is 4.90 Å². The van der Waals surface area contributed by atoms with Crippen molar-refractivity contribution in [3.05, 3.63) is 22.3 Å². The molecule has 0 spiro atoms. The second-order valence-corrected chi connectivity index (χ2v) is 5.39. The SMILES string of the molecule is CCCN1CCN(c2nccc(C)c2Br)CC1. The van der Waals surface area contributed by atoms with Crippen LogP contribution < -0.4 is 4.90 Å². The van der Waals surface area contributed by atoms with Crippen LogP contribution in [-0.2, 0) is 0 Å². The maximum atomic E-state index is 4.49. The van der Waals surface area contributed by atoms with Crippen molar-refractivity contribution in [1.82, 2.24) is 9.88 Å². The first-order chi connectivity index (χ1) is 8.22. The van der Waals surface area contributed by atoms with Crippen LogP contribution in [0.15, 0.2) is 16.7 Å².